The van der Waals surface area contributed by atoms with Crippen LogP contribution in [0.2, 0.25) is 0 Å². The molecule has 2 N–H and O–H groups in total. The van der Waals surface area contributed by atoms with E-state index in [9.17, 15) is 19.8 Å². The van der Waals surface area contributed by atoms with E-state index < -0.39 is 11.5 Å². The Morgan fingerprint density at radius 3 is 2.56 bits per heavy atom. The van der Waals surface area contributed by atoms with E-state index in [-0.39, 0.29) is 42.2 Å². The molecule has 2 fully saturated rings. The zero-order valence-corrected chi connectivity index (χ0v) is 22.1. The van der Waals surface area contributed by atoms with Crippen molar-refractivity contribution in [2.75, 3.05) is 0 Å². The molecule has 0 spiro atoms. The van der Waals surface area contributed by atoms with Gasteiger partial charge < -0.3 is 19.7 Å². The molecule has 1 heterocycles. The predicted octanol–water partition coefficient (Wildman–Crippen LogP) is 5.35. The van der Waals surface area contributed by atoms with E-state index >= 15 is 0 Å². The maximum Gasteiger partial charge on any atom is 0.312 e. The molecule has 0 unspecified atom stereocenters. The van der Waals surface area contributed by atoms with Crippen molar-refractivity contribution in [3.8, 4) is 5.75 Å². The molecule has 36 heavy (non-hydrogen) atoms. The van der Waals surface area contributed by atoms with Gasteiger partial charge in [0.2, 0.25) is 0 Å². The molecule has 0 radical (unpaired) electrons. The van der Waals surface area contributed by atoms with Crippen LogP contribution in [0.15, 0.2) is 35.9 Å². The number of cyclic esters (lactones) is 1. The molecule has 0 bridgehead atoms. The summed E-state index contributed by atoms with van der Waals surface area (Å²) in [6.07, 6.45) is 7.06. The molecule has 1 aromatic carbocycles. The van der Waals surface area contributed by atoms with Crippen LogP contribution in [0.1, 0.15) is 78.2 Å². The smallest absolute Gasteiger partial charge is 0.312 e. The number of rotatable bonds is 7. The maximum atomic E-state index is 13.5. The van der Waals surface area contributed by atoms with E-state index in [1.807, 2.05) is 26.0 Å². The summed E-state index contributed by atoms with van der Waals surface area (Å²) >= 11 is 0. The molecular weight excluding hydrogens is 456 g/mol. The van der Waals surface area contributed by atoms with Crippen molar-refractivity contribution in [1.82, 2.24) is 0 Å². The average molecular weight is 499 g/mol. The number of hydrogen-bond acceptors (Lipinski definition) is 6. The molecule has 4 rings (SSSR count). The molecule has 6 heteroatoms. The second kappa shape index (κ2) is 11.0. The third-order valence-electron chi connectivity index (χ3n) is 8.46. The first kappa shape index (κ1) is 26.7. The number of fused-ring (bicyclic) bond motifs is 1. The molecule has 0 amide bonds. The minimum atomic E-state index is -0.691. The van der Waals surface area contributed by atoms with Gasteiger partial charge in [0.05, 0.1) is 17.9 Å². The number of hydrogen-bond donors (Lipinski definition) is 2. The number of benzene rings is 1. The highest BCUT2D eigenvalue weighted by atomic mass is 16.6. The zero-order valence-electron chi connectivity index (χ0n) is 22.1. The lowest BCUT2D eigenvalue weighted by Crippen LogP contribution is -2.44. The van der Waals surface area contributed by atoms with E-state index in [0.717, 1.165) is 37.7 Å². The first-order valence-electron chi connectivity index (χ1n) is 13.6. The summed E-state index contributed by atoms with van der Waals surface area (Å²) in [7, 11) is 0. The van der Waals surface area contributed by atoms with Crippen molar-refractivity contribution in [3.05, 3.63) is 41.5 Å². The maximum absolute atomic E-state index is 13.5. The van der Waals surface area contributed by atoms with Crippen molar-refractivity contribution < 1.29 is 29.3 Å². The Morgan fingerprint density at radius 1 is 1.14 bits per heavy atom. The third kappa shape index (κ3) is 6.31. The summed E-state index contributed by atoms with van der Waals surface area (Å²) in [4.78, 5) is 25.3. The fourth-order valence-corrected chi connectivity index (χ4v) is 6.55. The van der Waals surface area contributed by atoms with Crippen LogP contribution in [0, 0.1) is 29.1 Å². The standard InChI is InChI=1S/C30H42O6/c1-18-13-21-8-5-19(2)25(12-11-24-15-23(32)16-27(33)35-24)28(21)26(14-18)36-29(34)30(3,4)17-20-6-9-22(31)10-7-20/h6-7,9-10,13,18-19,23-26,28,31-32H,5,8,11-12,14-17H2,1-4H3/t18-,19-,23+,24+,25-,26-,28+/m0/s1. The quantitative estimate of drug-likeness (QED) is 0.389. The van der Waals surface area contributed by atoms with Crippen LogP contribution >= 0.6 is 0 Å². The fraction of sp³-hybridized carbons (Fsp3) is 0.667. The summed E-state index contributed by atoms with van der Waals surface area (Å²) in [5, 5.41) is 19.6. The van der Waals surface area contributed by atoms with Gasteiger partial charge >= 0.3 is 11.9 Å². The van der Waals surface area contributed by atoms with Crippen LogP contribution in [-0.2, 0) is 25.5 Å². The van der Waals surface area contributed by atoms with Gasteiger partial charge in [0.25, 0.3) is 0 Å². The van der Waals surface area contributed by atoms with Crippen LogP contribution in [0.5, 0.6) is 5.75 Å². The number of phenolic OH excluding ortho intramolecular Hbond substituents is 1. The predicted molar refractivity (Wildman–Crippen MR) is 137 cm³/mol. The highest BCUT2D eigenvalue weighted by Crippen LogP contribution is 2.48. The lowest BCUT2D eigenvalue weighted by molar-refractivity contribution is -0.166. The van der Waals surface area contributed by atoms with E-state index in [1.165, 1.54) is 5.57 Å². The fourth-order valence-electron chi connectivity index (χ4n) is 6.55. The summed E-state index contributed by atoms with van der Waals surface area (Å²) < 4.78 is 11.9. The molecule has 6 nitrogen and oxygen atoms in total. The lowest BCUT2D eigenvalue weighted by Gasteiger charge is -2.46. The molecule has 1 saturated heterocycles. The summed E-state index contributed by atoms with van der Waals surface area (Å²) in [5.41, 5.74) is 1.71. The number of allylic oxidation sites excluding steroid dienone is 1. The summed E-state index contributed by atoms with van der Waals surface area (Å²) in [5.74, 6) is 1.08. The molecule has 198 valence electrons. The van der Waals surface area contributed by atoms with Crippen molar-refractivity contribution in [3.63, 3.8) is 0 Å². The number of carbonyl (C=O) groups excluding carboxylic acids is 2. The van der Waals surface area contributed by atoms with Gasteiger partial charge in [0, 0.05) is 12.3 Å². The second-order valence-electron chi connectivity index (χ2n) is 12.1. The minimum Gasteiger partial charge on any atom is -0.508 e. The number of phenols is 1. The number of aliphatic hydroxyl groups excluding tert-OH is 1. The Hall–Kier alpha value is -2.34. The highest BCUT2D eigenvalue weighted by molar-refractivity contribution is 5.76. The molecule has 1 saturated carbocycles. The molecule has 2 aliphatic carbocycles. The average Bonchev–Trinajstić information content (AvgIpc) is 2.79. The van der Waals surface area contributed by atoms with Gasteiger partial charge in [0.15, 0.2) is 0 Å². The Bertz CT molecular complexity index is 964. The molecule has 1 aromatic rings. The SMILES string of the molecule is C[C@H]1C=C2CC[C@H](C)[C@H](CC[C@@H]3C[C@@H](O)CC(=O)O3)[C@@H]2[C@@H](OC(=O)C(C)(C)Cc2ccc(O)cc2)C1. The largest absolute Gasteiger partial charge is 0.508 e. The normalized spacial score (nSPS) is 32.8. The van der Waals surface area contributed by atoms with Gasteiger partial charge in [-0.3, -0.25) is 9.59 Å². The van der Waals surface area contributed by atoms with Crippen LogP contribution in [0.25, 0.3) is 0 Å². The third-order valence-corrected chi connectivity index (χ3v) is 8.46. The van der Waals surface area contributed by atoms with Gasteiger partial charge in [0.1, 0.15) is 18.0 Å². The zero-order chi connectivity index (χ0) is 26.0. The Morgan fingerprint density at radius 2 is 1.86 bits per heavy atom. The molecular formula is C30H42O6. The number of esters is 2. The second-order valence-corrected chi connectivity index (χ2v) is 12.1. The number of carbonyl (C=O) groups is 2. The van der Waals surface area contributed by atoms with E-state index in [4.69, 9.17) is 9.47 Å². The van der Waals surface area contributed by atoms with Gasteiger partial charge in [-0.15, -0.1) is 0 Å². The van der Waals surface area contributed by atoms with Crippen molar-refractivity contribution in [1.29, 1.82) is 0 Å². The van der Waals surface area contributed by atoms with E-state index in [2.05, 4.69) is 19.9 Å². The molecule has 0 aromatic heterocycles. The Kier molecular flexibility index (Phi) is 8.13. The van der Waals surface area contributed by atoms with Crippen LogP contribution in [0.4, 0.5) is 0 Å². The van der Waals surface area contributed by atoms with Gasteiger partial charge in [-0.2, -0.15) is 0 Å². The van der Waals surface area contributed by atoms with Crippen LogP contribution in [-0.4, -0.2) is 40.5 Å². The Labute approximate surface area is 215 Å². The van der Waals surface area contributed by atoms with Gasteiger partial charge in [-0.25, -0.2) is 0 Å². The highest BCUT2D eigenvalue weighted by Gasteiger charge is 2.44. The van der Waals surface area contributed by atoms with Crippen molar-refractivity contribution in [2.45, 2.75) is 97.4 Å². The van der Waals surface area contributed by atoms with Crippen molar-refractivity contribution in [2.24, 2.45) is 29.1 Å². The van der Waals surface area contributed by atoms with Crippen LogP contribution < -0.4 is 0 Å². The van der Waals surface area contributed by atoms with Crippen molar-refractivity contribution >= 4 is 11.9 Å². The first-order chi connectivity index (χ1) is 17.0. The molecule has 1 aliphatic heterocycles. The number of ether oxygens (including phenoxy) is 2. The van der Waals surface area contributed by atoms with Gasteiger partial charge in [-0.05, 0) is 87.8 Å². The minimum absolute atomic E-state index is 0.0850. The number of aromatic hydroxyl groups is 1. The monoisotopic (exact) mass is 498 g/mol. The van der Waals surface area contributed by atoms with Gasteiger partial charge in [-0.1, -0.05) is 37.6 Å². The molecule has 3 aliphatic rings. The summed E-state index contributed by atoms with van der Waals surface area (Å²) in [6, 6.07) is 6.99. The number of aliphatic hydroxyl groups is 1. The van der Waals surface area contributed by atoms with E-state index in [1.54, 1.807) is 12.1 Å². The Balaban J connectivity index is 1.47. The topological polar surface area (TPSA) is 93.1 Å². The van der Waals surface area contributed by atoms with E-state index in [0.29, 0.717) is 30.6 Å². The first-order valence-corrected chi connectivity index (χ1v) is 13.6. The van der Waals surface area contributed by atoms with Crippen LogP contribution in [0.3, 0.4) is 0 Å². The molecule has 7 atom stereocenters. The lowest BCUT2D eigenvalue weighted by atomic mass is 9.62. The summed E-state index contributed by atoms with van der Waals surface area (Å²) in [6.45, 7) is 8.33.